The van der Waals surface area contributed by atoms with Crippen molar-refractivity contribution in [3.05, 3.63) is 58.2 Å². The molecule has 0 saturated carbocycles. The molecule has 26 heavy (non-hydrogen) atoms. The fourth-order valence-corrected chi connectivity index (χ4v) is 3.64. The number of benzene rings is 2. The monoisotopic (exact) mass is 391 g/mol. The fraction of sp³-hybridized carbons (Fsp3) is 0.167. The highest BCUT2D eigenvalue weighted by Gasteiger charge is 2.14. The van der Waals surface area contributed by atoms with Crippen molar-refractivity contribution in [2.45, 2.75) is 18.7 Å². The van der Waals surface area contributed by atoms with Crippen LogP contribution in [0.2, 0.25) is 5.15 Å². The molecule has 1 aromatic heterocycles. The van der Waals surface area contributed by atoms with E-state index in [1.165, 1.54) is 18.3 Å². The predicted octanol–water partition coefficient (Wildman–Crippen LogP) is 3.76. The predicted molar refractivity (Wildman–Crippen MR) is 104 cm³/mol. The third-order valence-electron chi connectivity index (χ3n) is 4.00. The minimum atomic E-state index is -3.74. The van der Waals surface area contributed by atoms with Gasteiger partial charge >= 0.3 is 0 Å². The number of fused-ring (bicyclic) bond motifs is 1. The van der Waals surface area contributed by atoms with Gasteiger partial charge in [0, 0.05) is 16.5 Å². The molecular formula is C18H18ClN3O3S. The molecule has 8 heteroatoms. The summed E-state index contributed by atoms with van der Waals surface area (Å²) in [6.07, 6.45) is 1.38. The summed E-state index contributed by atoms with van der Waals surface area (Å²) in [4.78, 5) is 5.39. The molecule has 0 radical (unpaired) electrons. The molecule has 0 atom stereocenters. The van der Waals surface area contributed by atoms with Crippen LogP contribution in [0.3, 0.4) is 0 Å². The fourth-order valence-electron chi connectivity index (χ4n) is 2.59. The Kier molecular flexibility index (Phi) is 4.93. The van der Waals surface area contributed by atoms with Gasteiger partial charge in [-0.25, -0.2) is 4.83 Å². The number of rotatable bonds is 5. The molecular weight excluding hydrogens is 374 g/mol. The van der Waals surface area contributed by atoms with E-state index in [4.69, 9.17) is 16.3 Å². The number of aromatic nitrogens is 1. The van der Waals surface area contributed by atoms with Crippen molar-refractivity contribution in [3.63, 3.8) is 0 Å². The number of nitrogens with one attached hydrogen (secondary N) is 2. The van der Waals surface area contributed by atoms with Crippen LogP contribution in [0.25, 0.3) is 10.9 Å². The molecule has 0 aliphatic rings. The van der Waals surface area contributed by atoms with Crippen molar-refractivity contribution in [1.82, 2.24) is 9.82 Å². The minimum Gasteiger partial charge on any atom is -0.496 e. The summed E-state index contributed by atoms with van der Waals surface area (Å²) in [7, 11) is -2.15. The van der Waals surface area contributed by atoms with Gasteiger partial charge in [-0.2, -0.15) is 13.5 Å². The molecule has 0 amide bonds. The van der Waals surface area contributed by atoms with E-state index in [0.29, 0.717) is 16.5 Å². The number of halogens is 1. The van der Waals surface area contributed by atoms with Crippen molar-refractivity contribution in [2.24, 2.45) is 5.10 Å². The largest absolute Gasteiger partial charge is 0.496 e. The minimum absolute atomic E-state index is 0.141. The average Bonchev–Trinajstić information content (AvgIpc) is 2.89. The third-order valence-corrected chi connectivity index (χ3v) is 5.54. The van der Waals surface area contributed by atoms with Gasteiger partial charge in [0.25, 0.3) is 10.0 Å². The Morgan fingerprint density at radius 3 is 2.54 bits per heavy atom. The number of aromatic amines is 1. The van der Waals surface area contributed by atoms with Gasteiger partial charge in [-0.15, -0.1) is 0 Å². The number of hydrogen-bond donors (Lipinski definition) is 2. The quantitative estimate of drug-likeness (QED) is 0.513. The van der Waals surface area contributed by atoms with Crippen LogP contribution in [-0.2, 0) is 10.0 Å². The van der Waals surface area contributed by atoms with E-state index in [2.05, 4.69) is 14.9 Å². The molecule has 0 bridgehead atoms. The summed E-state index contributed by atoms with van der Waals surface area (Å²) in [6.45, 7) is 3.81. The Morgan fingerprint density at radius 2 is 1.88 bits per heavy atom. The van der Waals surface area contributed by atoms with E-state index in [1.54, 1.807) is 19.2 Å². The number of H-pyrrole nitrogens is 1. The number of hydrazone groups is 1. The molecule has 0 aliphatic heterocycles. The van der Waals surface area contributed by atoms with Gasteiger partial charge in [-0.1, -0.05) is 29.3 Å². The van der Waals surface area contributed by atoms with E-state index in [0.717, 1.165) is 22.0 Å². The summed E-state index contributed by atoms with van der Waals surface area (Å²) in [5.74, 6) is 0.711. The van der Waals surface area contributed by atoms with E-state index in [-0.39, 0.29) is 4.90 Å². The number of hydrogen-bond acceptors (Lipinski definition) is 4. The molecule has 2 aromatic carbocycles. The SMILES string of the molecule is COc1cc2c(C=NNS(=O)(=O)c3ccc(C)cc3)c(Cl)[nH]c2cc1C. The van der Waals surface area contributed by atoms with Crippen LogP contribution in [0.1, 0.15) is 16.7 Å². The van der Waals surface area contributed by atoms with Crippen molar-refractivity contribution in [2.75, 3.05) is 7.11 Å². The van der Waals surface area contributed by atoms with Gasteiger partial charge in [-0.3, -0.25) is 0 Å². The van der Waals surface area contributed by atoms with Crippen molar-refractivity contribution >= 4 is 38.7 Å². The first-order valence-electron chi connectivity index (χ1n) is 7.79. The molecule has 136 valence electrons. The number of methoxy groups -OCH3 is 1. The molecule has 0 fully saturated rings. The summed E-state index contributed by atoms with van der Waals surface area (Å²) >= 11 is 6.24. The Balaban J connectivity index is 1.91. The van der Waals surface area contributed by atoms with Crippen molar-refractivity contribution < 1.29 is 13.2 Å². The second-order valence-corrected chi connectivity index (χ2v) is 7.92. The smallest absolute Gasteiger partial charge is 0.276 e. The van der Waals surface area contributed by atoms with Crippen LogP contribution < -0.4 is 9.57 Å². The summed E-state index contributed by atoms with van der Waals surface area (Å²) in [5, 5.41) is 5.02. The molecule has 1 heterocycles. The number of nitrogens with zero attached hydrogens (tertiary/aromatic N) is 1. The maximum atomic E-state index is 12.3. The van der Waals surface area contributed by atoms with Gasteiger partial charge in [0.15, 0.2) is 0 Å². The van der Waals surface area contributed by atoms with Gasteiger partial charge in [0.2, 0.25) is 0 Å². The Bertz CT molecular complexity index is 1090. The lowest BCUT2D eigenvalue weighted by atomic mass is 10.1. The second-order valence-electron chi connectivity index (χ2n) is 5.89. The summed E-state index contributed by atoms with van der Waals surface area (Å²) < 4.78 is 29.9. The van der Waals surface area contributed by atoms with Gasteiger partial charge in [-0.05, 0) is 43.7 Å². The molecule has 0 aliphatic carbocycles. The molecule has 0 unspecified atom stereocenters. The molecule has 3 aromatic rings. The first-order valence-corrected chi connectivity index (χ1v) is 9.65. The average molecular weight is 392 g/mol. The maximum Gasteiger partial charge on any atom is 0.276 e. The third kappa shape index (κ3) is 3.54. The number of sulfonamides is 1. The highest BCUT2D eigenvalue weighted by atomic mass is 35.5. The highest BCUT2D eigenvalue weighted by molar-refractivity contribution is 7.89. The Morgan fingerprint density at radius 1 is 1.19 bits per heavy atom. The molecule has 0 spiro atoms. The first kappa shape index (κ1) is 18.3. The van der Waals surface area contributed by atoms with E-state index >= 15 is 0 Å². The Hall–Kier alpha value is -2.51. The highest BCUT2D eigenvalue weighted by Crippen LogP contribution is 2.30. The first-order chi connectivity index (χ1) is 12.3. The van der Waals surface area contributed by atoms with E-state index in [9.17, 15) is 8.42 Å². The van der Waals surface area contributed by atoms with Crippen LogP contribution in [0.4, 0.5) is 0 Å². The molecule has 3 rings (SSSR count). The zero-order valence-corrected chi connectivity index (χ0v) is 16.1. The standard InChI is InChI=1S/C18H18ClN3O3S/c1-11-4-6-13(7-5-11)26(23,24)22-20-10-15-14-9-17(25-3)12(2)8-16(14)21-18(15)19/h4-10,21-22H,1-3H3. The lowest BCUT2D eigenvalue weighted by molar-refractivity contribution is 0.412. The van der Waals surface area contributed by atoms with Crippen LogP contribution in [-0.4, -0.2) is 26.7 Å². The maximum absolute atomic E-state index is 12.3. The number of aryl methyl sites for hydroxylation is 2. The van der Waals surface area contributed by atoms with Crippen LogP contribution in [0.15, 0.2) is 46.4 Å². The van der Waals surface area contributed by atoms with E-state index < -0.39 is 10.0 Å². The number of ether oxygens (including phenoxy) is 1. The lowest BCUT2D eigenvalue weighted by Gasteiger charge is -2.05. The van der Waals surface area contributed by atoms with Gasteiger partial charge < -0.3 is 9.72 Å². The zero-order valence-electron chi connectivity index (χ0n) is 14.5. The van der Waals surface area contributed by atoms with Crippen molar-refractivity contribution in [1.29, 1.82) is 0 Å². The molecule has 2 N–H and O–H groups in total. The van der Waals surface area contributed by atoms with Crippen molar-refractivity contribution in [3.8, 4) is 5.75 Å². The van der Waals surface area contributed by atoms with Crippen LogP contribution in [0, 0.1) is 13.8 Å². The van der Waals surface area contributed by atoms with Crippen LogP contribution >= 0.6 is 11.6 Å². The normalized spacial score (nSPS) is 12.0. The topological polar surface area (TPSA) is 83.5 Å². The molecule has 6 nitrogen and oxygen atoms in total. The lowest BCUT2D eigenvalue weighted by Crippen LogP contribution is -2.18. The zero-order chi connectivity index (χ0) is 18.9. The van der Waals surface area contributed by atoms with Gasteiger partial charge in [0.05, 0.1) is 18.2 Å². The van der Waals surface area contributed by atoms with E-state index in [1.807, 2.05) is 26.0 Å². The summed E-state index contributed by atoms with van der Waals surface area (Å²) in [6, 6.07) is 10.3. The van der Waals surface area contributed by atoms with Gasteiger partial charge in [0.1, 0.15) is 10.9 Å². The Labute approximate surface area is 156 Å². The molecule has 0 saturated heterocycles. The second kappa shape index (κ2) is 7.01. The van der Waals surface area contributed by atoms with Crippen LogP contribution in [0.5, 0.6) is 5.75 Å². The summed E-state index contributed by atoms with van der Waals surface area (Å²) in [5.41, 5.74) is 3.33.